The molecular formula is C25H34N4O5S. The third-order valence-corrected chi connectivity index (χ3v) is 8.56. The van der Waals surface area contributed by atoms with Gasteiger partial charge in [-0.1, -0.05) is 13.0 Å². The number of amides is 1. The highest BCUT2D eigenvalue weighted by atomic mass is 32.2. The Morgan fingerprint density at radius 1 is 1.20 bits per heavy atom. The monoisotopic (exact) mass is 502 g/mol. The lowest BCUT2D eigenvalue weighted by Gasteiger charge is -2.35. The van der Waals surface area contributed by atoms with Crippen LogP contribution in [0.25, 0.3) is 0 Å². The molecule has 1 spiro atoms. The van der Waals surface area contributed by atoms with Crippen LogP contribution in [0.3, 0.4) is 0 Å². The lowest BCUT2D eigenvalue weighted by Crippen LogP contribution is -2.36. The fourth-order valence-corrected chi connectivity index (χ4v) is 5.12. The molecule has 1 aliphatic carbocycles. The summed E-state index contributed by atoms with van der Waals surface area (Å²) in [6.07, 6.45) is 5.49. The zero-order valence-electron chi connectivity index (χ0n) is 20.3. The summed E-state index contributed by atoms with van der Waals surface area (Å²) < 4.78 is 33.1. The number of aliphatic hydroxyl groups is 1. The van der Waals surface area contributed by atoms with Gasteiger partial charge >= 0.3 is 0 Å². The standard InChI is InChI=1S/C25H34N4O5S/c1-3-15-34-23-6-4-5-22(26-23)27-24(31)20-8-7-19(28-35(32,33)18(2)17-30)16-21(20)29-13-11-25(9-10-25)12-14-29/h4-8,16,18,28,30H,3,9-15,17H2,1-2H3,(H,26,27,31). The Morgan fingerprint density at radius 2 is 1.94 bits per heavy atom. The van der Waals surface area contributed by atoms with Gasteiger partial charge in [0.05, 0.1) is 30.2 Å². The van der Waals surface area contributed by atoms with E-state index in [1.165, 1.54) is 19.8 Å². The number of carbonyl (C=O) groups is 1. The van der Waals surface area contributed by atoms with Gasteiger partial charge in [0.15, 0.2) is 0 Å². The Hall–Kier alpha value is -2.85. The number of hydrogen-bond donors (Lipinski definition) is 3. The Labute approximate surface area is 206 Å². The zero-order chi connectivity index (χ0) is 25.1. The minimum atomic E-state index is -3.76. The van der Waals surface area contributed by atoms with Gasteiger partial charge in [0, 0.05) is 19.2 Å². The first-order valence-corrected chi connectivity index (χ1v) is 13.7. The molecule has 3 N–H and O–H groups in total. The summed E-state index contributed by atoms with van der Waals surface area (Å²) in [6, 6.07) is 10.1. The van der Waals surface area contributed by atoms with Crippen molar-refractivity contribution in [1.82, 2.24) is 4.98 Å². The lowest BCUT2D eigenvalue weighted by molar-refractivity contribution is 0.102. The molecule has 2 heterocycles. The molecule has 1 aliphatic heterocycles. The SMILES string of the molecule is CCCOc1cccc(NC(=O)c2ccc(NS(=O)(=O)C(C)CO)cc2N2CCC3(CC2)CC3)n1. The summed E-state index contributed by atoms with van der Waals surface area (Å²) in [5.41, 5.74) is 1.93. The molecular weight excluding hydrogens is 468 g/mol. The number of hydrogen-bond acceptors (Lipinski definition) is 7. The van der Waals surface area contributed by atoms with Crippen LogP contribution in [0.1, 0.15) is 56.3 Å². The summed E-state index contributed by atoms with van der Waals surface area (Å²) in [4.78, 5) is 19.8. The molecule has 1 aromatic heterocycles. The molecule has 10 heteroatoms. The summed E-state index contributed by atoms with van der Waals surface area (Å²) in [5, 5.41) is 11.2. The zero-order valence-corrected chi connectivity index (χ0v) is 21.1. The van der Waals surface area contributed by atoms with Gasteiger partial charge in [-0.25, -0.2) is 8.42 Å². The molecule has 9 nitrogen and oxygen atoms in total. The van der Waals surface area contributed by atoms with Crippen LogP contribution in [-0.4, -0.2) is 56.0 Å². The van der Waals surface area contributed by atoms with Crippen molar-refractivity contribution in [2.45, 2.75) is 51.2 Å². The molecule has 4 rings (SSSR count). The third kappa shape index (κ3) is 6.05. The van der Waals surface area contributed by atoms with E-state index in [0.717, 1.165) is 32.4 Å². The highest BCUT2D eigenvalue weighted by molar-refractivity contribution is 7.93. The summed E-state index contributed by atoms with van der Waals surface area (Å²) in [5.74, 6) is 0.495. The van der Waals surface area contributed by atoms with Crippen molar-refractivity contribution in [2.75, 3.05) is 41.2 Å². The van der Waals surface area contributed by atoms with Crippen LogP contribution >= 0.6 is 0 Å². The van der Waals surface area contributed by atoms with Crippen molar-refractivity contribution in [1.29, 1.82) is 0 Å². The van der Waals surface area contributed by atoms with Crippen molar-refractivity contribution in [3.63, 3.8) is 0 Å². The van der Waals surface area contributed by atoms with E-state index >= 15 is 0 Å². The van der Waals surface area contributed by atoms with Crippen LogP contribution in [0, 0.1) is 5.41 Å². The number of sulfonamides is 1. The van der Waals surface area contributed by atoms with Crippen molar-refractivity contribution >= 4 is 33.1 Å². The largest absolute Gasteiger partial charge is 0.478 e. The molecule has 0 bridgehead atoms. The van der Waals surface area contributed by atoms with Crippen LogP contribution in [0.4, 0.5) is 17.2 Å². The number of aliphatic hydroxyl groups excluding tert-OH is 1. The average Bonchev–Trinajstić information content (AvgIpc) is 3.61. The highest BCUT2D eigenvalue weighted by Gasteiger charge is 2.44. The Balaban J connectivity index is 1.59. The van der Waals surface area contributed by atoms with E-state index < -0.39 is 21.9 Å². The number of pyridine rings is 1. The quantitative estimate of drug-likeness (QED) is 0.454. The Bertz CT molecular complexity index is 1160. The number of rotatable bonds is 10. The van der Waals surface area contributed by atoms with E-state index in [1.54, 1.807) is 36.4 Å². The molecule has 2 aliphatic rings. The molecule has 2 aromatic rings. The van der Waals surface area contributed by atoms with Gasteiger partial charge in [0.1, 0.15) is 11.1 Å². The number of nitrogens with zero attached hydrogens (tertiary/aromatic N) is 2. The highest BCUT2D eigenvalue weighted by Crippen LogP contribution is 2.54. The van der Waals surface area contributed by atoms with Gasteiger partial charge in [-0.05, 0) is 68.7 Å². The number of benzene rings is 1. The van der Waals surface area contributed by atoms with E-state index in [0.29, 0.717) is 40.7 Å². The van der Waals surface area contributed by atoms with Gasteiger partial charge in [0.25, 0.3) is 5.91 Å². The maximum absolute atomic E-state index is 13.3. The van der Waals surface area contributed by atoms with E-state index in [2.05, 4.69) is 19.9 Å². The maximum Gasteiger partial charge on any atom is 0.258 e. The molecule has 190 valence electrons. The fraction of sp³-hybridized carbons (Fsp3) is 0.520. The molecule has 1 atom stereocenters. The van der Waals surface area contributed by atoms with Crippen molar-refractivity contribution in [3.8, 4) is 5.88 Å². The molecule has 1 amide bonds. The molecule has 1 unspecified atom stereocenters. The fourth-order valence-electron chi connectivity index (χ4n) is 4.27. The van der Waals surface area contributed by atoms with Gasteiger partial charge in [0.2, 0.25) is 15.9 Å². The predicted molar refractivity (Wildman–Crippen MR) is 137 cm³/mol. The molecule has 1 saturated carbocycles. The van der Waals surface area contributed by atoms with Crippen LogP contribution in [0.5, 0.6) is 5.88 Å². The minimum absolute atomic E-state index is 0.329. The van der Waals surface area contributed by atoms with Crippen LogP contribution in [-0.2, 0) is 10.0 Å². The number of aromatic nitrogens is 1. The lowest BCUT2D eigenvalue weighted by atomic mass is 9.93. The topological polar surface area (TPSA) is 121 Å². The molecule has 35 heavy (non-hydrogen) atoms. The minimum Gasteiger partial charge on any atom is -0.478 e. The first kappa shape index (κ1) is 25.2. The number of ether oxygens (including phenoxy) is 1. The van der Waals surface area contributed by atoms with Crippen LogP contribution < -0.4 is 19.7 Å². The Morgan fingerprint density at radius 3 is 2.60 bits per heavy atom. The Kier molecular flexibility index (Phi) is 7.51. The van der Waals surface area contributed by atoms with Gasteiger partial charge < -0.3 is 20.1 Å². The van der Waals surface area contributed by atoms with E-state index in [4.69, 9.17) is 4.74 Å². The summed E-state index contributed by atoms with van der Waals surface area (Å²) >= 11 is 0. The molecule has 2 fully saturated rings. The van der Waals surface area contributed by atoms with E-state index in [1.807, 2.05) is 6.92 Å². The van der Waals surface area contributed by atoms with Crippen LogP contribution in [0.15, 0.2) is 36.4 Å². The van der Waals surface area contributed by atoms with Crippen molar-refractivity contribution in [3.05, 3.63) is 42.0 Å². The summed E-state index contributed by atoms with van der Waals surface area (Å²) in [6.45, 7) is 5.12. The van der Waals surface area contributed by atoms with Crippen LogP contribution in [0.2, 0.25) is 0 Å². The van der Waals surface area contributed by atoms with Gasteiger partial charge in [-0.2, -0.15) is 4.98 Å². The van der Waals surface area contributed by atoms with Crippen molar-refractivity contribution in [2.24, 2.45) is 5.41 Å². The second-order valence-corrected chi connectivity index (χ2v) is 11.6. The number of carbonyl (C=O) groups excluding carboxylic acids is 1. The van der Waals surface area contributed by atoms with E-state index in [-0.39, 0.29) is 5.91 Å². The normalized spacial score (nSPS) is 17.6. The second kappa shape index (κ2) is 10.4. The first-order valence-electron chi connectivity index (χ1n) is 12.2. The number of piperidine rings is 1. The second-order valence-electron chi connectivity index (χ2n) is 9.52. The molecule has 0 radical (unpaired) electrons. The third-order valence-electron chi connectivity index (χ3n) is 6.83. The molecule has 1 saturated heterocycles. The van der Waals surface area contributed by atoms with Gasteiger partial charge in [-0.3, -0.25) is 9.52 Å². The smallest absolute Gasteiger partial charge is 0.258 e. The summed E-state index contributed by atoms with van der Waals surface area (Å²) in [7, 11) is -3.76. The first-order chi connectivity index (χ1) is 16.7. The van der Waals surface area contributed by atoms with Crippen molar-refractivity contribution < 1.29 is 23.1 Å². The average molecular weight is 503 g/mol. The maximum atomic E-state index is 13.3. The predicted octanol–water partition coefficient (Wildman–Crippen LogP) is 3.63. The molecule has 1 aromatic carbocycles. The van der Waals surface area contributed by atoms with Gasteiger partial charge in [-0.15, -0.1) is 0 Å². The number of anilines is 3. The number of nitrogens with one attached hydrogen (secondary N) is 2. The van der Waals surface area contributed by atoms with E-state index in [9.17, 15) is 18.3 Å².